The third kappa shape index (κ3) is 5.24. The van der Waals surface area contributed by atoms with E-state index in [0.717, 1.165) is 6.42 Å². The number of carbonyl (C=O) groups excluding carboxylic acids is 1. The van der Waals surface area contributed by atoms with Gasteiger partial charge in [-0.1, -0.05) is 12.1 Å². The van der Waals surface area contributed by atoms with Crippen LogP contribution in [0, 0.1) is 0 Å². The van der Waals surface area contributed by atoms with Crippen molar-refractivity contribution in [3.05, 3.63) is 59.7 Å². The van der Waals surface area contributed by atoms with Crippen LogP contribution in [0.3, 0.4) is 0 Å². The monoisotopic (exact) mass is 340 g/mol. The highest BCUT2D eigenvalue weighted by Gasteiger charge is 2.13. The summed E-state index contributed by atoms with van der Waals surface area (Å²) in [7, 11) is 0. The molecule has 0 aliphatic carbocycles. The van der Waals surface area contributed by atoms with Crippen LogP contribution in [0.1, 0.15) is 43.6 Å². The highest BCUT2D eigenvalue weighted by atomic mass is 16.3. The van der Waals surface area contributed by atoms with Gasteiger partial charge >= 0.3 is 0 Å². The van der Waals surface area contributed by atoms with E-state index in [0.29, 0.717) is 24.2 Å². The first-order valence-corrected chi connectivity index (χ1v) is 8.83. The quantitative estimate of drug-likeness (QED) is 0.801. The van der Waals surface area contributed by atoms with E-state index in [9.17, 15) is 9.90 Å². The number of nitrogens with zero attached hydrogens (tertiary/aromatic N) is 1. The molecule has 2 aromatic carbocycles. The predicted octanol–water partition coefficient (Wildman–Crippen LogP) is 3.99. The Bertz CT molecular complexity index is 668. The molecule has 2 N–H and O–H groups in total. The minimum Gasteiger partial charge on any atom is -0.508 e. The fourth-order valence-corrected chi connectivity index (χ4v) is 3.06. The van der Waals surface area contributed by atoms with Gasteiger partial charge in [0.25, 0.3) is 5.91 Å². The van der Waals surface area contributed by atoms with Gasteiger partial charge in [-0.3, -0.25) is 4.79 Å². The maximum Gasteiger partial charge on any atom is 0.251 e. The van der Waals surface area contributed by atoms with Crippen LogP contribution >= 0.6 is 0 Å². The first kappa shape index (κ1) is 18.8. The average Bonchev–Trinajstić information content (AvgIpc) is 2.56. The minimum atomic E-state index is -0.123. The number of hydrogen-bond acceptors (Lipinski definition) is 3. The number of anilines is 1. The lowest BCUT2D eigenvalue weighted by Gasteiger charge is -2.33. The van der Waals surface area contributed by atoms with Gasteiger partial charge in [0.2, 0.25) is 0 Å². The van der Waals surface area contributed by atoms with Crippen molar-refractivity contribution in [1.82, 2.24) is 5.32 Å². The lowest BCUT2D eigenvalue weighted by atomic mass is 10.1. The summed E-state index contributed by atoms with van der Waals surface area (Å²) >= 11 is 0. The molecule has 0 heterocycles. The van der Waals surface area contributed by atoms with E-state index in [1.807, 2.05) is 0 Å². The van der Waals surface area contributed by atoms with Crippen LogP contribution in [0.15, 0.2) is 48.5 Å². The van der Waals surface area contributed by atoms with E-state index < -0.39 is 0 Å². The minimum absolute atomic E-state index is 0.123. The molecule has 0 aliphatic heterocycles. The van der Waals surface area contributed by atoms with Crippen LogP contribution in [-0.2, 0) is 6.42 Å². The second kappa shape index (κ2) is 8.56. The standard InChI is InChI=1S/C21H28N2O2/c1-15(2)23(16(3)4)19-9-5-17(6-10-19)13-14-22-21(25)18-7-11-20(24)12-8-18/h5-12,15-16,24H,13-14H2,1-4H3,(H,22,25). The molecule has 0 radical (unpaired) electrons. The summed E-state index contributed by atoms with van der Waals surface area (Å²) in [6.07, 6.45) is 0.785. The zero-order chi connectivity index (χ0) is 18.4. The zero-order valence-corrected chi connectivity index (χ0v) is 15.5. The van der Waals surface area contributed by atoms with E-state index in [4.69, 9.17) is 0 Å². The van der Waals surface area contributed by atoms with E-state index in [2.05, 4.69) is 62.2 Å². The largest absolute Gasteiger partial charge is 0.508 e. The number of phenols is 1. The first-order chi connectivity index (χ1) is 11.9. The Hall–Kier alpha value is -2.49. The van der Waals surface area contributed by atoms with Crippen LogP contribution in [0.2, 0.25) is 0 Å². The molecular formula is C21H28N2O2. The highest BCUT2D eigenvalue weighted by Crippen LogP contribution is 2.20. The van der Waals surface area contributed by atoms with Crippen LogP contribution in [0.5, 0.6) is 5.75 Å². The Morgan fingerprint density at radius 2 is 1.52 bits per heavy atom. The molecule has 0 atom stereocenters. The molecule has 0 saturated heterocycles. The van der Waals surface area contributed by atoms with Crippen molar-refractivity contribution in [3.63, 3.8) is 0 Å². The van der Waals surface area contributed by atoms with Crippen LogP contribution in [0.4, 0.5) is 5.69 Å². The maximum atomic E-state index is 12.0. The van der Waals surface area contributed by atoms with E-state index in [1.165, 1.54) is 23.4 Å². The Labute approximate surface area is 150 Å². The highest BCUT2D eigenvalue weighted by molar-refractivity contribution is 5.94. The van der Waals surface area contributed by atoms with Gasteiger partial charge in [0.1, 0.15) is 5.75 Å². The van der Waals surface area contributed by atoms with Crippen molar-refractivity contribution in [1.29, 1.82) is 0 Å². The third-order valence-corrected chi connectivity index (χ3v) is 4.18. The first-order valence-electron chi connectivity index (χ1n) is 8.83. The Morgan fingerprint density at radius 3 is 2.04 bits per heavy atom. The molecule has 4 heteroatoms. The van der Waals surface area contributed by atoms with E-state index in [1.54, 1.807) is 12.1 Å². The Balaban J connectivity index is 1.89. The molecule has 0 unspecified atom stereocenters. The predicted molar refractivity (Wildman–Crippen MR) is 103 cm³/mol. The number of phenolic OH excluding ortho intramolecular Hbond substituents is 1. The molecule has 0 bridgehead atoms. The molecule has 1 amide bonds. The summed E-state index contributed by atoms with van der Waals surface area (Å²) in [5.41, 5.74) is 2.97. The SMILES string of the molecule is CC(C)N(c1ccc(CCNC(=O)c2ccc(O)cc2)cc1)C(C)C. The third-order valence-electron chi connectivity index (χ3n) is 4.18. The lowest BCUT2D eigenvalue weighted by Crippen LogP contribution is -2.36. The van der Waals surface area contributed by atoms with Crippen LogP contribution in [-0.4, -0.2) is 29.6 Å². The second-order valence-corrected chi connectivity index (χ2v) is 6.81. The number of nitrogens with one attached hydrogen (secondary N) is 1. The van der Waals surface area contributed by atoms with Gasteiger partial charge in [-0.25, -0.2) is 0 Å². The molecule has 0 spiro atoms. The number of rotatable bonds is 7. The number of aromatic hydroxyl groups is 1. The molecule has 4 nitrogen and oxygen atoms in total. The van der Waals surface area contributed by atoms with Gasteiger partial charge in [-0.05, 0) is 76.1 Å². The summed E-state index contributed by atoms with van der Waals surface area (Å²) in [6.45, 7) is 9.39. The van der Waals surface area contributed by atoms with Crippen molar-refractivity contribution in [2.45, 2.75) is 46.2 Å². The molecule has 2 rings (SSSR count). The number of hydrogen-bond donors (Lipinski definition) is 2. The maximum absolute atomic E-state index is 12.0. The molecule has 0 fully saturated rings. The van der Waals surface area contributed by atoms with Gasteiger partial charge in [0.05, 0.1) is 0 Å². The molecule has 2 aromatic rings. The molecular weight excluding hydrogens is 312 g/mol. The van der Waals surface area contributed by atoms with Gasteiger partial charge in [-0.2, -0.15) is 0 Å². The van der Waals surface area contributed by atoms with Gasteiger partial charge in [0.15, 0.2) is 0 Å². The Morgan fingerprint density at radius 1 is 0.960 bits per heavy atom. The molecule has 0 saturated carbocycles. The molecule has 134 valence electrons. The summed E-state index contributed by atoms with van der Waals surface area (Å²) < 4.78 is 0. The summed E-state index contributed by atoms with van der Waals surface area (Å²) in [6, 6.07) is 15.7. The van der Waals surface area contributed by atoms with Crippen LogP contribution in [0.25, 0.3) is 0 Å². The zero-order valence-electron chi connectivity index (χ0n) is 15.5. The van der Waals surface area contributed by atoms with Gasteiger partial charge in [0, 0.05) is 29.9 Å². The average molecular weight is 340 g/mol. The van der Waals surface area contributed by atoms with E-state index >= 15 is 0 Å². The topological polar surface area (TPSA) is 52.6 Å². The summed E-state index contributed by atoms with van der Waals surface area (Å²) in [4.78, 5) is 14.4. The van der Waals surface area contributed by atoms with Crippen molar-refractivity contribution in [2.75, 3.05) is 11.4 Å². The van der Waals surface area contributed by atoms with E-state index in [-0.39, 0.29) is 11.7 Å². The van der Waals surface area contributed by atoms with Crippen molar-refractivity contribution in [3.8, 4) is 5.75 Å². The number of benzene rings is 2. The Kier molecular flexibility index (Phi) is 6.45. The van der Waals surface area contributed by atoms with Crippen molar-refractivity contribution >= 4 is 11.6 Å². The van der Waals surface area contributed by atoms with Crippen molar-refractivity contribution < 1.29 is 9.90 Å². The second-order valence-electron chi connectivity index (χ2n) is 6.81. The smallest absolute Gasteiger partial charge is 0.251 e. The summed E-state index contributed by atoms with van der Waals surface area (Å²) in [5, 5.41) is 12.2. The fraction of sp³-hybridized carbons (Fsp3) is 0.381. The lowest BCUT2D eigenvalue weighted by molar-refractivity contribution is 0.0954. The van der Waals surface area contributed by atoms with Gasteiger partial charge in [-0.15, -0.1) is 0 Å². The normalized spacial score (nSPS) is 11.0. The number of amides is 1. The van der Waals surface area contributed by atoms with Crippen molar-refractivity contribution in [2.24, 2.45) is 0 Å². The number of carbonyl (C=O) groups is 1. The molecule has 25 heavy (non-hydrogen) atoms. The summed E-state index contributed by atoms with van der Waals surface area (Å²) in [5.74, 6) is 0.0379. The molecule has 0 aliphatic rings. The molecule has 0 aromatic heterocycles. The van der Waals surface area contributed by atoms with Gasteiger partial charge < -0.3 is 15.3 Å². The van der Waals surface area contributed by atoms with Crippen LogP contribution < -0.4 is 10.2 Å². The fourth-order valence-electron chi connectivity index (χ4n) is 3.06.